The van der Waals surface area contributed by atoms with Crippen molar-refractivity contribution in [3.8, 4) is 0 Å². The van der Waals surface area contributed by atoms with Crippen molar-refractivity contribution in [3.63, 3.8) is 0 Å². The Balaban J connectivity index is 1.37. The van der Waals surface area contributed by atoms with Gasteiger partial charge >= 0.3 is 0 Å². The molecule has 7 heteroatoms. The molecule has 206 valence electrons. The first kappa shape index (κ1) is 27.3. The van der Waals surface area contributed by atoms with Crippen molar-refractivity contribution in [1.82, 2.24) is 9.88 Å². The molecule has 5 rings (SSSR count). The molecule has 1 aliphatic carbocycles. The summed E-state index contributed by atoms with van der Waals surface area (Å²) in [5.41, 5.74) is 5.16. The van der Waals surface area contributed by atoms with E-state index in [-0.39, 0.29) is 5.92 Å². The summed E-state index contributed by atoms with van der Waals surface area (Å²) in [7, 11) is 0. The van der Waals surface area contributed by atoms with Gasteiger partial charge in [-0.25, -0.2) is 0 Å². The van der Waals surface area contributed by atoms with Gasteiger partial charge in [0.15, 0.2) is 0 Å². The molecule has 38 heavy (non-hydrogen) atoms. The smallest absolute Gasteiger partial charge is 0.111 e. The number of hydrogen-bond acceptors (Lipinski definition) is 6. The molecular formula is C31H42N2O5. The Morgan fingerprint density at radius 3 is 2.47 bits per heavy atom. The van der Waals surface area contributed by atoms with Crippen molar-refractivity contribution >= 4 is 10.9 Å². The lowest BCUT2D eigenvalue weighted by Gasteiger charge is -2.40. The van der Waals surface area contributed by atoms with Crippen LogP contribution in [0, 0.1) is 6.92 Å². The molecule has 1 saturated carbocycles. The Morgan fingerprint density at radius 2 is 1.71 bits per heavy atom. The maximum Gasteiger partial charge on any atom is 0.111 e. The van der Waals surface area contributed by atoms with Gasteiger partial charge in [-0.2, -0.15) is 0 Å². The minimum atomic E-state index is -1.35. The molecule has 1 saturated heterocycles. The molecule has 7 nitrogen and oxygen atoms in total. The Kier molecular flexibility index (Phi) is 8.83. The van der Waals surface area contributed by atoms with Gasteiger partial charge in [-0.05, 0) is 49.9 Å². The fourth-order valence-corrected chi connectivity index (χ4v) is 6.40. The van der Waals surface area contributed by atoms with E-state index in [0.717, 1.165) is 6.42 Å². The summed E-state index contributed by atoms with van der Waals surface area (Å²) in [5.74, 6) is 0.187. The molecule has 1 aliphatic heterocycles. The molecule has 2 aromatic carbocycles. The molecule has 5 N–H and O–H groups in total. The van der Waals surface area contributed by atoms with Crippen LogP contribution < -0.4 is 5.32 Å². The van der Waals surface area contributed by atoms with E-state index >= 15 is 0 Å². The number of aryl methyl sites for hydroxylation is 1. The minimum Gasteiger partial charge on any atom is -0.394 e. The van der Waals surface area contributed by atoms with E-state index in [0.29, 0.717) is 19.1 Å². The average molecular weight is 523 g/mol. The summed E-state index contributed by atoms with van der Waals surface area (Å²) in [5, 5.41) is 44.8. The summed E-state index contributed by atoms with van der Waals surface area (Å²) in [6, 6.07) is 18.0. The number of aromatic nitrogens is 1. The second-order valence-corrected chi connectivity index (χ2v) is 11.1. The maximum atomic E-state index is 10.4. The SMILES string of the molecule is Cc1cccc(C(CCNCC2OC(CO)C(O)C(O)C2O)c2cn(C3CCCCC3)c3ccccc23)c1. The number of hydrogen-bond donors (Lipinski definition) is 5. The Labute approximate surface area is 225 Å². The third-order valence-corrected chi connectivity index (χ3v) is 8.51. The number of fused-ring (bicyclic) bond motifs is 1. The Morgan fingerprint density at radius 1 is 0.947 bits per heavy atom. The molecule has 1 aromatic heterocycles. The van der Waals surface area contributed by atoms with Crippen molar-refractivity contribution in [3.05, 3.63) is 71.4 Å². The van der Waals surface area contributed by atoms with Crippen LogP contribution >= 0.6 is 0 Å². The van der Waals surface area contributed by atoms with Crippen molar-refractivity contribution in [2.24, 2.45) is 0 Å². The lowest BCUT2D eigenvalue weighted by molar-refractivity contribution is -0.227. The molecule has 0 amide bonds. The van der Waals surface area contributed by atoms with Crippen LogP contribution in [0.15, 0.2) is 54.7 Å². The van der Waals surface area contributed by atoms with Crippen LogP contribution in [-0.4, -0.2) is 75.2 Å². The van der Waals surface area contributed by atoms with Crippen LogP contribution in [0.2, 0.25) is 0 Å². The van der Waals surface area contributed by atoms with Crippen LogP contribution in [0.1, 0.15) is 67.2 Å². The van der Waals surface area contributed by atoms with Gasteiger partial charge in [0.2, 0.25) is 0 Å². The van der Waals surface area contributed by atoms with Crippen LogP contribution in [0.3, 0.4) is 0 Å². The molecule has 2 heterocycles. The topological polar surface area (TPSA) is 107 Å². The Bertz CT molecular complexity index is 1190. The molecule has 2 aliphatic rings. The van der Waals surface area contributed by atoms with Gasteiger partial charge in [0.1, 0.15) is 24.4 Å². The van der Waals surface area contributed by atoms with Crippen molar-refractivity contribution in [1.29, 1.82) is 0 Å². The zero-order chi connectivity index (χ0) is 26.6. The summed E-state index contributed by atoms with van der Waals surface area (Å²) in [6.07, 6.45) is 4.10. The first-order valence-corrected chi connectivity index (χ1v) is 14.1. The fourth-order valence-electron chi connectivity index (χ4n) is 6.40. The average Bonchev–Trinajstić information content (AvgIpc) is 3.33. The summed E-state index contributed by atoms with van der Waals surface area (Å²) in [6.45, 7) is 2.70. The molecule has 0 spiro atoms. The molecule has 2 fully saturated rings. The van der Waals surface area contributed by atoms with Gasteiger partial charge in [0.05, 0.1) is 12.7 Å². The summed E-state index contributed by atoms with van der Waals surface area (Å²) >= 11 is 0. The predicted octanol–water partition coefficient (Wildman–Crippen LogP) is 3.41. The number of nitrogens with zero attached hydrogens (tertiary/aromatic N) is 1. The number of nitrogens with one attached hydrogen (secondary N) is 1. The molecule has 6 atom stereocenters. The lowest BCUT2D eigenvalue weighted by Crippen LogP contribution is -2.60. The summed E-state index contributed by atoms with van der Waals surface area (Å²) < 4.78 is 8.20. The van der Waals surface area contributed by atoms with Crippen molar-refractivity contribution in [2.45, 2.75) is 87.9 Å². The van der Waals surface area contributed by atoms with Gasteiger partial charge in [0, 0.05) is 35.6 Å². The third kappa shape index (κ3) is 5.69. The normalized spacial score (nSPS) is 27.6. The van der Waals surface area contributed by atoms with E-state index in [2.05, 4.69) is 71.5 Å². The van der Waals surface area contributed by atoms with E-state index in [4.69, 9.17) is 4.74 Å². The monoisotopic (exact) mass is 522 g/mol. The van der Waals surface area contributed by atoms with Gasteiger partial charge in [-0.3, -0.25) is 0 Å². The largest absolute Gasteiger partial charge is 0.394 e. The number of aliphatic hydroxyl groups is 4. The van der Waals surface area contributed by atoms with Gasteiger partial charge in [-0.15, -0.1) is 0 Å². The standard InChI is InChI=1S/C31H42N2O5/c1-20-8-7-9-21(16-20)23(14-15-32-17-27-29(35)31(37)30(36)28(19-34)38-27)25-18-33(22-10-3-2-4-11-22)26-13-6-5-12-24(25)26/h5-9,12-13,16,18,22-23,27-32,34-37H,2-4,10-11,14-15,17,19H2,1H3. The van der Waals surface area contributed by atoms with Crippen LogP contribution in [0.4, 0.5) is 0 Å². The van der Waals surface area contributed by atoms with Crippen molar-refractivity contribution < 1.29 is 25.2 Å². The van der Waals surface area contributed by atoms with E-state index in [1.165, 1.54) is 59.7 Å². The molecule has 0 radical (unpaired) electrons. The van der Waals surface area contributed by atoms with Crippen molar-refractivity contribution in [2.75, 3.05) is 19.7 Å². The minimum absolute atomic E-state index is 0.187. The van der Waals surface area contributed by atoms with Crippen LogP contribution in [-0.2, 0) is 4.74 Å². The predicted molar refractivity (Wildman–Crippen MR) is 148 cm³/mol. The molecular weight excluding hydrogens is 480 g/mol. The highest BCUT2D eigenvalue weighted by Gasteiger charge is 2.43. The number of aliphatic hydroxyl groups excluding tert-OH is 4. The first-order chi connectivity index (χ1) is 18.5. The molecule has 3 aromatic rings. The summed E-state index contributed by atoms with van der Waals surface area (Å²) in [4.78, 5) is 0. The number of para-hydroxylation sites is 1. The second kappa shape index (κ2) is 12.3. The van der Waals surface area contributed by atoms with E-state index < -0.39 is 37.1 Å². The zero-order valence-electron chi connectivity index (χ0n) is 22.2. The zero-order valence-corrected chi connectivity index (χ0v) is 22.2. The lowest BCUT2D eigenvalue weighted by atomic mass is 9.87. The highest BCUT2D eigenvalue weighted by atomic mass is 16.5. The third-order valence-electron chi connectivity index (χ3n) is 8.51. The fraction of sp³-hybridized carbons (Fsp3) is 0.548. The van der Waals surface area contributed by atoms with Crippen LogP contribution in [0.25, 0.3) is 10.9 Å². The highest BCUT2D eigenvalue weighted by molar-refractivity contribution is 5.85. The maximum absolute atomic E-state index is 10.4. The van der Waals surface area contributed by atoms with E-state index in [1.807, 2.05) is 0 Å². The van der Waals surface area contributed by atoms with Gasteiger partial charge < -0.3 is 35.0 Å². The van der Waals surface area contributed by atoms with Crippen LogP contribution in [0.5, 0.6) is 0 Å². The van der Waals surface area contributed by atoms with Gasteiger partial charge in [0.25, 0.3) is 0 Å². The number of benzene rings is 2. The van der Waals surface area contributed by atoms with E-state index in [1.54, 1.807) is 0 Å². The highest BCUT2D eigenvalue weighted by Crippen LogP contribution is 2.39. The molecule has 0 bridgehead atoms. The Hall–Kier alpha value is -2.26. The first-order valence-electron chi connectivity index (χ1n) is 14.1. The second-order valence-electron chi connectivity index (χ2n) is 11.1. The quantitative estimate of drug-likeness (QED) is 0.276. The van der Waals surface area contributed by atoms with E-state index in [9.17, 15) is 20.4 Å². The molecule has 6 unspecified atom stereocenters. The van der Waals surface area contributed by atoms with Gasteiger partial charge in [-0.1, -0.05) is 67.3 Å². The number of ether oxygens (including phenoxy) is 1. The number of rotatable bonds is 9.